The number of nitrogens with zero attached hydrogens (tertiary/aromatic N) is 1. The monoisotopic (exact) mass is 425 g/mol. The number of amides is 1. The quantitative estimate of drug-likeness (QED) is 0.477. The van der Waals surface area contributed by atoms with Crippen molar-refractivity contribution in [3.8, 4) is 5.75 Å². The van der Waals surface area contributed by atoms with Crippen molar-refractivity contribution >= 4 is 28.9 Å². The van der Waals surface area contributed by atoms with E-state index in [0.29, 0.717) is 11.7 Å². The summed E-state index contributed by atoms with van der Waals surface area (Å²) < 4.78 is 5.47. The summed E-state index contributed by atoms with van der Waals surface area (Å²) in [5.74, 6) is 1.03. The molecule has 160 valence electrons. The molecule has 5 nitrogen and oxygen atoms in total. The number of hydrogen-bond donors (Lipinski definition) is 2. The van der Waals surface area contributed by atoms with E-state index >= 15 is 0 Å². The van der Waals surface area contributed by atoms with Crippen molar-refractivity contribution in [3.63, 3.8) is 0 Å². The van der Waals surface area contributed by atoms with Gasteiger partial charge in [0.2, 0.25) is 0 Å². The molecule has 2 N–H and O–H groups in total. The van der Waals surface area contributed by atoms with Gasteiger partial charge in [-0.05, 0) is 93.2 Å². The summed E-state index contributed by atoms with van der Waals surface area (Å²) in [6.45, 7) is 5.20. The van der Waals surface area contributed by atoms with Gasteiger partial charge < -0.3 is 20.3 Å². The smallest absolute Gasteiger partial charge is 0.253 e. The lowest BCUT2D eigenvalue weighted by Crippen LogP contribution is -2.35. The normalized spacial score (nSPS) is 13.6. The molecule has 0 saturated carbocycles. The van der Waals surface area contributed by atoms with Crippen molar-refractivity contribution < 1.29 is 9.53 Å². The number of benzene rings is 2. The molecule has 30 heavy (non-hydrogen) atoms. The van der Waals surface area contributed by atoms with Gasteiger partial charge >= 0.3 is 0 Å². The van der Waals surface area contributed by atoms with Gasteiger partial charge in [0.25, 0.3) is 5.91 Å². The first-order chi connectivity index (χ1) is 14.7. The fraction of sp³-hybridized carbons (Fsp3) is 0.417. The summed E-state index contributed by atoms with van der Waals surface area (Å²) >= 11 is 5.39. The highest BCUT2D eigenvalue weighted by molar-refractivity contribution is 7.80. The third-order valence-corrected chi connectivity index (χ3v) is 5.44. The van der Waals surface area contributed by atoms with E-state index in [1.807, 2.05) is 48.2 Å². The first-order valence-corrected chi connectivity index (χ1v) is 11.2. The first-order valence-electron chi connectivity index (χ1n) is 10.8. The summed E-state index contributed by atoms with van der Waals surface area (Å²) in [4.78, 5) is 14.5. The van der Waals surface area contributed by atoms with Gasteiger partial charge in [0.1, 0.15) is 5.75 Å². The van der Waals surface area contributed by atoms with E-state index in [1.54, 1.807) is 0 Å². The van der Waals surface area contributed by atoms with Crippen molar-refractivity contribution in [1.82, 2.24) is 10.2 Å². The molecule has 1 fully saturated rings. The maximum absolute atomic E-state index is 12.5. The minimum atomic E-state index is 0.122. The average Bonchev–Trinajstić information content (AvgIpc) is 2.79. The zero-order chi connectivity index (χ0) is 21.2. The SMILES string of the molecule is CCOc1ccc(CCCNC(=S)Nc2ccc(C(=O)N3CCCCC3)cc2)cc1. The molecule has 1 saturated heterocycles. The number of ether oxygens (including phenoxy) is 1. The largest absolute Gasteiger partial charge is 0.494 e. The summed E-state index contributed by atoms with van der Waals surface area (Å²) in [7, 11) is 0. The minimum absolute atomic E-state index is 0.122. The van der Waals surface area contributed by atoms with Crippen molar-refractivity contribution in [2.75, 3.05) is 31.6 Å². The lowest BCUT2D eigenvalue weighted by atomic mass is 10.1. The highest BCUT2D eigenvalue weighted by atomic mass is 32.1. The van der Waals surface area contributed by atoms with Gasteiger partial charge in [-0.15, -0.1) is 0 Å². The van der Waals surface area contributed by atoms with Crippen LogP contribution in [0.5, 0.6) is 5.75 Å². The molecule has 0 bridgehead atoms. The molecule has 0 unspecified atom stereocenters. The highest BCUT2D eigenvalue weighted by Crippen LogP contribution is 2.16. The molecule has 6 heteroatoms. The molecule has 0 atom stereocenters. The number of carbonyl (C=O) groups excluding carboxylic acids is 1. The van der Waals surface area contributed by atoms with Crippen molar-refractivity contribution in [2.45, 2.75) is 39.0 Å². The fourth-order valence-corrected chi connectivity index (χ4v) is 3.78. The average molecular weight is 426 g/mol. The molecule has 1 heterocycles. The second-order valence-electron chi connectivity index (χ2n) is 7.49. The molecule has 1 aliphatic rings. The zero-order valence-corrected chi connectivity index (χ0v) is 18.5. The molecule has 0 aromatic heterocycles. The Bertz CT molecular complexity index is 815. The molecule has 1 aliphatic heterocycles. The number of anilines is 1. The van der Waals surface area contributed by atoms with Gasteiger partial charge in [0, 0.05) is 30.9 Å². The summed E-state index contributed by atoms with van der Waals surface area (Å²) in [6, 6.07) is 15.8. The second-order valence-corrected chi connectivity index (χ2v) is 7.90. The third-order valence-electron chi connectivity index (χ3n) is 5.20. The number of thiocarbonyl (C=S) groups is 1. The Labute approximate surface area is 184 Å². The molecule has 2 aromatic rings. The summed E-state index contributed by atoms with van der Waals surface area (Å²) in [6.07, 6.45) is 5.39. The van der Waals surface area contributed by atoms with Crippen LogP contribution in [-0.4, -0.2) is 42.2 Å². The molecule has 0 radical (unpaired) electrons. The minimum Gasteiger partial charge on any atom is -0.494 e. The van der Waals surface area contributed by atoms with Crippen molar-refractivity contribution in [2.24, 2.45) is 0 Å². The molecular weight excluding hydrogens is 394 g/mol. The summed E-state index contributed by atoms with van der Waals surface area (Å²) in [5, 5.41) is 7.02. The van der Waals surface area contributed by atoms with Gasteiger partial charge in [-0.1, -0.05) is 12.1 Å². The number of hydrogen-bond acceptors (Lipinski definition) is 3. The number of nitrogens with one attached hydrogen (secondary N) is 2. The predicted octanol–water partition coefficient (Wildman–Crippen LogP) is 4.63. The van der Waals surface area contributed by atoms with Gasteiger partial charge in [-0.3, -0.25) is 4.79 Å². The maximum Gasteiger partial charge on any atom is 0.253 e. The van der Waals surface area contributed by atoms with Gasteiger partial charge in [-0.25, -0.2) is 0 Å². The van der Waals surface area contributed by atoms with E-state index in [1.165, 1.54) is 12.0 Å². The lowest BCUT2D eigenvalue weighted by molar-refractivity contribution is 0.0724. The van der Waals surface area contributed by atoms with E-state index in [0.717, 1.165) is 62.3 Å². The zero-order valence-electron chi connectivity index (χ0n) is 17.7. The molecule has 0 spiro atoms. The van der Waals surface area contributed by atoms with Crippen LogP contribution < -0.4 is 15.4 Å². The standard InChI is InChI=1S/C24H31N3O2S/c1-2-29-22-14-8-19(9-15-22)7-6-16-25-24(30)26-21-12-10-20(11-13-21)23(28)27-17-4-3-5-18-27/h8-15H,2-7,16-18H2,1H3,(H2,25,26,30). The van der Waals surface area contributed by atoms with Crippen LogP contribution in [0.1, 0.15) is 48.5 Å². The van der Waals surface area contributed by atoms with Gasteiger partial charge in [0.05, 0.1) is 6.61 Å². The van der Waals surface area contributed by atoms with E-state index in [2.05, 4.69) is 22.8 Å². The fourth-order valence-electron chi connectivity index (χ4n) is 3.56. The topological polar surface area (TPSA) is 53.6 Å². The maximum atomic E-state index is 12.5. The van der Waals surface area contributed by atoms with Gasteiger partial charge in [-0.2, -0.15) is 0 Å². The van der Waals surface area contributed by atoms with Crippen molar-refractivity contribution in [1.29, 1.82) is 0 Å². The van der Waals surface area contributed by atoms with Crippen LogP contribution in [-0.2, 0) is 6.42 Å². The van der Waals surface area contributed by atoms with Gasteiger partial charge in [0.15, 0.2) is 5.11 Å². The van der Waals surface area contributed by atoms with E-state index < -0.39 is 0 Å². The third kappa shape index (κ3) is 6.73. The molecule has 1 amide bonds. The number of aryl methyl sites for hydroxylation is 1. The van der Waals surface area contributed by atoms with Crippen LogP contribution in [0.25, 0.3) is 0 Å². The summed E-state index contributed by atoms with van der Waals surface area (Å²) in [5.41, 5.74) is 2.90. The Kier molecular flexibility index (Phi) is 8.51. The first kappa shape index (κ1) is 22.1. The van der Waals surface area contributed by atoms with E-state index in [4.69, 9.17) is 17.0 Å². The highest BCUT2D eigenvalue weighted by Gasteiger charge is 2.17. The number of piperidine rings is 1. The van der Waals surface area contributed by atoms with Crippen LogP contribution in [0.2, 0.25) is 0 Å². The van der Waals surface area contributed by atoms with Crippen LogP contribution in [0.3, 0.4) is 0 Å². The Balaban J connectivity index is 1.37. The Morgan fingerprint density at radius 2 is 1.73 bits per heavy atom. The van der Waals surface area contributed by atoms with Crippen molar-refractivity contribution in [3.05, 3.63) is 59.7 Å². The molecule has 3 rings (SSSR count). The number of rotatable bonds is 8. The van der Waals surface area contributed by atoms with E-state index in [9.17, 15) is 4.79 Å². The van der Waals surface area contributed by atoms with E-state index in [-0.39, 0.29) is 5.91 Å². The number of likely N-dealkylation sites (tertiary alicyclic amines) is 1. The second kappa shape index (κ2) is 11.6. The lowest BCUT2D eigenvalue weighted by Gasteiger charge is -2.26. The Hall–Kier alpha value is -2.60. The molecule has 0 aliphatic carbocycles. The van der Waals surface area contributed by atoms with Crippen LogP contribution >= 0.6 is 12.2 Å². The molecule has 2 aromatic carbocycles. The van der Waals surface area contributed by atoms with Crippen LogP contribution in [0.15, 0.2) is 48.5 Å². The van der Waals surface area contributed by atoms with Crippen LogP contribution in [0.4, 0.5) is 5.69 Å². The number of carbonyl (C=O) groups is 1. The Morgan fingerprint density at radius 1 is 1.03 bits per heavy atom. The Morgan fingerprint density at radius 3 is 2.40 bits per heavy atom. The molecular formula is C24H31N3O2S. The predicted molar refractivity (Wildman–Crippen MR) is 126 cm³/mol. The van der Waals surface area contributed by atoms with Crippen LogP contribution in [0, 0.1) is 0 Å².